The summed E-state index contributed by atoms with van der Waals surface area (Å²) in [7, 11) is 0. The first-order chi connectivity index (χ1) is 21.8. The van der Waals surface area contributed by atoms with Crippen molar-refractivity contribution in [3.8, 4) is 11.1 Å². The average Bonchev–Trinajstić information content (AvgIpc) is 3.47. The van der Waals surface area contributed by atoms with Gasteiger partial charge in [-0.25, -0.2) is 0 Å². The lowest BCUT2D eigenvalue weighted by molar-refractivity contribution is 1.30. The summed E-state index contributed by atoms with van der Waals surface area (Å²) in [6.07, 6.45) is 0. The fourth-order valence-corrected chi connectivity index (χ4v) is 7.77. The average molecular weight is 578 g/mol. The minimum atomic E-state index is 1.13. The van der Waals surface area contributed by atoms with Crippen LogP contribution in [-0.4, -0.2) is 0 Å². The van der Waals surface area contributed by atoms with Gasteiger partial charge in [0.05, 0.1) is 0 Å². The summed E-state index contributed by atoms with van der Waals surface area (Å²) < 4.78 is 2.63. The molecule has 2 heteroatoms. The SMILES string of the molecule is c1ccc(-c2ccc(N(c3ccc4ccc5c6ccccc6ccc5c4c3)c3ccc4sc5ccccc5c4c3)cc2)cc1. The van der Waals surface area contributed by atoms with Gasteiger partial charge in [-0.15, -0.1) is 11.3 Å². The van der Waals surface area contributed by atoms with Gasteiger partial charge in [0.2, 0.25) is 0 Å². The van der Waals surface area contributed by atoms with Crippen LogP contribution in [0.4, 0.5) is 17.1 Å². The van der Waals surface area contributed by atoms with E-state index in [1.54, 1.807) is 0 Å². The maximum atomic E-state index is 2.40. The van der Waals surface area contributed by atoms with Crippen molar-refractivity contribution in [2.45, 2.75) is 0 Å². The highest BCUT2D eigenvalue weighted by molar-refractivity contribution is 7.25. The van der Waals surface area contributed by atoms with E-state index in [0.717, 1.165) is 17.1 Å². The molecule has 0 aliphatic carbocycles. The van der Waals surface area contributed by atoms with Crippen molar-refractivity contribution in [3.63, 3.8) is 0 Å². The molecular weight excluding hydrogens is 551 g/mol. The number of nitrogens with zero attached hydrogens (tertiary/aromatic N) is 1. The maximum Gasteiger partial charge on any atom is 0.0468 e. The van der Waals surface area contributed by atoms with Crippen LogP contribution in [-0.2, 0) is 0 Å². The predicted molar refractivity (Wildman–Crippen MR) is 192 cm³/mol. The highest BCUT2D eigenvalue weighted by Crippen LogP contribution is 2.42. The summed E-state index contributed by atoms with van der Waals surface area (Å²) in [5.41, 5.74) is 5.86. The first kappa shape index (κ1) is 25.1. The molecule has 44 heavy (non-hydrogen) atoms. The number of benzene rings is 8. The Morgan fingerprint density at radius 1 is 0.318 bits per heavy atom. The lowest BCUT2D eigenvalue weighted by Gasteiger charge is -2.26. The molecule has 1 aromatic heterocycles. The summed E-state index contributed by atoms with van der Waals surface area (Å²) >= 11 is 1.86. The van der Waals surface area contributed by atoms with E-state index in [2.05, 4.69) is 169 Å². The van der Waals surface area contributed by atoms with Gasteiger partial charge in [-0.2, -0.15) is 0 Å². The summed E-state index contributed by atoms with van der Waals surface area (Å²) in [6, 6.07) is 59.8. The number of hydrogen-bond donors (Lipinski definition) is 0. The van der Waals surface area contributed by atoms with E-state index < -0.39 is 0 Å². The second-order valence-corrected chi connectivity index (χ2v) is 12.5. The Labute approximate surface area is 259 Å². The van der Waals surface area contributed by atoms with Gasteiger partial charge in [0.1, 0.15) is 0 Å². The molecule has 8 aromatic carbocycles. The molecule has 0 fully saturated rings. The van der Waals surface area contributed by atoms with Crippen molar-refractivity contribution in [3.05, 3.63) is 164 Å². The zero-order chi connectivity index (χ0) is 29.0. The predicted octanol–water partition coefficient (Wildman–Crippen LogP) is 12.7. The monoisotopic (exact) mass is 577 g/mol. The number of fused-ring (bicyclic) bond motifs is 8. The van der Waals surface area contributed by atoms with Gasteiger partial charge < -0.3 is 4.90 Å². The Morgan fingerprint density at radius 3 is 1.68 bits per heavy atom. The minimum absolute atomic E-state index is 1.13. The highest BCUT2D eigenvalue weighted by atomic mass is 32.1. The third-order valence-corrected chi connectivity index (χ3v) is 9.99. The largest absolute Gasteiger partial charge is 0.310 e. The maximum absolute atomic E-state index is 2.40. The minimum Gasteiger partial charge on any atom is -0.310 e. The number of hydrogen-bond acceptors (Lipinski definition) is 2. The van der Waals surface area contributed by atoms with Crippen LogP contribution in [0.25, 0.3) is 63.6 Å². The van der Waals surface area contributed by atoms with E-state index in [4.69, 9.17) is 0 Å². The molecule has 9 rings (SSSR count). The lowest BCUT2D eigenvalue weighted by Crippen LogP contribution is -2.09. The summed E-state index contributed by atoms with van der Waals surface area (Å²) in [5.74, 6) is 0. The molecule has 0 radical (unpaired) electrons. The molecule has 1 heterocycles. The van der Waals surface area contributed by atoms with Gasteiger partial charge in [0, 0.05) is 37.2 Å². The molecule has 0 saturated heterocycles. The lowest BCUT2D eigenvalue weighted by atomic mass is 9.96. The number of rotatable bonds is 4. The summed E-state index contributed by atoms with van der Waals surface area (Å²) in [6.45, 7) is 0. The van der Waals surface area contributed by atoms with Crippen molar-refractivity contribution < 1.29 is 0 Å². The second kappa shape index (κ2) is 10.1. The van der Waals surface area contributed by atoms with E-state index in [9.17, 15) is 0 Å². The smallest absolute Gasteiger partial charge is 0.0468 e. The van der Waals surface area contributed by atoms with Crippen LogP contribution >= 0.6 is 11.3 Å². The topological polar surface area (TPSA) is 3.24 Å². The van der Waals surface area contributed by atoms with Gasteiger partial charge >= 0.3 is 0 Å². The van der Waals surface area contributed by atoms with Gasteiger partial charge in [-0.05, 0) is 92.0 Å². The van der Waals surface area contributed by atoms with E-state index >= 15 is 0 Å². The van der Waals surface area contributed by atoms with E-state index in [1.165, 1.54) is 63.6 Å². The van der Waals surface area contributed by atoms with Crippen LogP contribution in [0.15, 0.2) is 164 Å². The van der Waals surface area contributed by atoms with E-state index in [1.807, 2.05) is 11.3 Å². The van der Waals surface area contributed by atoms with Crippen molar-refractivity contribution in [2.75, 3.05) is 4.90 Å². The molecule has 0 amide bonds. The van der Waals surface area contributed by atoms with Crippen LogP contribution in [0.3, 0.4) is 0 Å². The number of thiophene rings is 1. The second-order valence-electron chi connectivity index (χ2n) is 11.4. The molecule has 206 valence electrons. The molecule has 0 N–H and O–H groups in total. The van der Waals surface area contributed by atoms with Crippen molar-refractivity contribution >= 4 is 80.9 Å². The molecule has 0 aliphatic heterocycles. The van der Waals surface area contributed by atoms with Gasteiger partial charge in [0.25, 0.3) is 0 Å². The van der Waals surface area contributed by atoms with Crippen molar-refractivity contribution in [2.24, 2.45) is 0 Å². The van der Waals surface area contributed by atoms with E-state index in [-0.39, 0.29) is 0 Å². The Hall–Kier alpha value is -5.44. The molecule has 0 spiro atoms. The van der Waals surface area contributed by atoms with Gasteiger partial charge in [-0.3, -0.25) is 0 Å². The third-order valence-electron chi connectivity index (χ3n) is 8.84. The molecular formula is C42H27NS. The zero-order valence-corrected chi connectivity index (χ0v) is 24.8. The Bertz CT molecular complexity index is 2490. The van der Waals surface area contributed by atoms with Crippen LogP contribution in [0.5, 0.6) is 0 Å². The summed E-state index contributed by atoms with van der Waals surface area (Å²) in [5, 5.41) is 10.2. The molecule has 0 atom stereocenters. The van der Waals surface area contributed by atoms with Gasteiger partial charge in [-0.1, -0.05) is 115 Å². The van der Waals surface area contributed by atoms with Crippen LogP contribution in [0.2, 0.25) is 0 Å². The molecule has 9 aromatic rings. The third kappa shape index (κ3) is 4.07. The fourth-order valence-electron chi connectivity index (χ4n) is 6.68. The van der Waals surface area contributed by atoms with E-state index in [0.29, 0.717) is 0 Å². The summed E-state index contributed by atoms with van der Waals surface area (Å²) in [4.78, 5) is 2.40. The normalized spacial score (nSPS) is 11.6. The first-order valence-electron chi connectivity index (χ1n) is 15.0. The van der Waals surface area contributed by atoms with Gasteiger partial charge in [0.15, 0.2) is 0 Å². The Kier molecular flexibility index (Phi) is 5.75. The molecule has 1 nitrogen and oxygen atoms in total. The fraction of sp³-hybridized carbons (Fsp3) is 0. The van der Waals surface area contributed by atoms with Crippen LogP contribution in [0.1, 0.15) is 0 Å². The zero-order valence-electron chi connectivity index (χ0n) is 23.9. The molecule has 0 saturated carbocycles. The van der Waals surface area contributed by atoms with Crippen LogP contribution < -0.4 is 4.90 Å². The van der Waals surface area contributed by atoms with Crippen molar-refractivity contribution in [1.29, 1.82) is 0 Å². The molecule has 0 bridgehead atoms. The first-order valence-corrected chi connectivity index (χ1v) is 15.8. The standard InChI is InChI=1S/C42H27NS/c1-2-8-28(9-3-1)29-14-19-32(20-15-29)43(34-22-25-42-40(27-34)38-12-6-7-13-41(38)44-42)33-21-16-31-18-23-36-35-11-5-4-10-30(35)17-24-37(36)39(31)26-33/h1-27H. The molecule has 0 aliphatic rings. The highest BCUT2D eigenvalue weighted by Gasteiger charge is 2.16. The Morgan fingerprint density at radius 2 is 0.864 bits per heavy atom. The Balaban J connectivity index is 1.26. The van der Waals surface area contributed by atoms with Crippen LogP contribution in [0, 0.1) is 0 Å². The quantitative estimate of drug-likeness (QED) is 0.188. The van der Waals surface area contributed by atoms with Crippen molar-refractivity contribution in [1.82, 2.24) is 0 Å². The number of anilines is 3. The molecule has 0 unspecified atom stereocenters.